The molecule has 0 radical (unpaired) electrons. The third kappa shape index (κ3) is 2.26. The summed E-state index contributed by atoms with van der Waals surface area (Å²) in [4.78, 5) is 12.5. The molecule has 1 heterocycles. The van der Waals surface area contributed by atoms with Crippen molar-refractivity contribution in [3.63, 3.8) is 0 Å². The van der Waals surface area contributed by atoms with E-state index in [0.29, 0.717) is 12.8 Å². The van der Waals surface area contributed by atoms with E-state index in [1.807, 2.05) is 44.2 Å². The number of hydrogen-bond acceptors (Lipinski definition) is 3. The number of hydrogen-bond donors (Lipinski definition) is 0. The van der Waals surface area contributed by atoms with Gasteiger partial charge in [0.25, 0.3) is 0 Å². The first-order valence-corrected chi connectivity index (χ1v) is 7.55. The molecule has 1 fully saturated rings. The molecule has 0 bridgehead atoms. The summed E-state index contributed by atoms with van der Waals surface area (Å²) in [5, 5.41) is 0. The van der Waals surface area contributed by atoms with Crippen molar-refractivity contribution in [1.29, 1.82) is 0 Å². The number of ketones is 1. The van der Waals surface area contributed by atoms with Gasteiger partial charge in [-0.1, -0.05) is 40.2 Å². The van der Waals surface area contributed by atoms with Gasteiger partial charge in [-0.05, 0) is 38.0 Å². The highest BCUT2D eigenvalue weighted by atomic mass is 79.9. The van der Waals surface area contributed by atoms with Crippen molar-refractivity contribution in [3.8, 4) is 0 Å². The van der Waals surface area contributed by atoms with Gasteiger partial charge in [-0.15, -0.1) is 0 Å². The summed E-state index contributed by atoms with van der Waals surface area (Å²) in [5.74, 6) is -0.733. The largest absolute Gasteiger partial charge is 0.343 e. The molecule has 4 heteroatoms. The van der Waals surface area contributed by atoms with Crippen LogP contribution < -0.4 is 0 Å². The highest BCUT2D eigenvalue weighted by Crippen LogP contribution is 2.43. The van der Waals surface area contributed by atoms with Gasteiger partial charge in [-0.25, -0.2) is 0 Å². The molecular weight excluding hydrogens is 320 g/mol. The maximum Gasteiger partial charge on any atom is 0.190 e. The predicted octanol–water partition coefficient (Wildman–Crippen LogP) is 3.41. The van der Waals surface area contributed by atoms with Crippen molar-refractivity contribution in [2.45, 2.75) is 44.2 Å². The Morgan fingerprint density at radius 2 is 2.10 bits per heavy atom. The molecule has 0 N–H and O–H groups in total. The molecular formula is C16H17BrO3. The van der Waals surface area contributed by atoms with Crippen LogP contribution in [0, 0.1) is 0 Å². The van der Waals surface area contributed by atoms with Crippen molar-refractivity contribution in [2.24, 2.45) is 0 Å². The molecule has 3 rings (SSSR count). The van der Waals surface area contributed by atoms with Gasteiger partial charge in [0.05, 0.1) is 0 Å². The normalized spacial score (nSPS) is 31.4. The van der Waals surface area contributed by atoms with Crippen molar-refractivity contribution >= 4 is 21.7 Å². The average Bonchev–Trinajstić information content (AvgIpc) is 2.65. The molecule has 1 aromatic carbocycles. The molecule has 0 amide bonds. The van der Waals surface area contributed by atoms with Crippen molar-refractivity contribution in [3.05, 3.63) is 46.5 Å². The van der Waals surface area contributed by atoms with Crippen LogP contribution in [0.2, 0.25) is 0 Å². The molecule has 1 aliphatic heterocycles. The van der Waals surface area contributed by atoms with E-state index in [9.17, 15) is 4.79 Å². The minimum atomic E-state index is -0.901. The van der Waals surface area contributed by atoms with Crippen LogP contribution in [0.3, 0.4) is 0 Å². The Balaban J connectivity index is 2.01. The molecule has 20 heavy (non-hydrogen) atoms. The van der Waals surface area contributed by atoms with Crippen LogP contribution in [0.1, 0.15) is 25.8 Å². The first kappa shape index (κ1) is 14.0. The van der Waals surface area contributed by atoms with Crippen molar-refractivity contribution in [2.75, 3.05) is 0 Å². The molecule has 3 nitrogen and oxygen atoms in total. The molecule has 1 aliphatic carbocycles. The van der Waals surface area contributed by atoms with Gasteiger partial charge in [0.1, 0.15) is 6.10 Å². The Morgan fingerprint density at radius 3 is 2.85 bits per heavy atom. The quantitative estimate of drug-likeness (QED) is 0.830. The summed E-state index contributed by atoms with van der Waals surface area (Å²) < 4.78 is 13.0. The van der Waals surface area contributed by atoms with Gasteiger partial charge in [0, 0.05) is 10.9 Å². The van der Waals surface area contributed by atoms with Crippen LogP contribution in [0.4, 0.5) is 0 Å². The zero-order valence-electron chi connectivity index (χ0n) is 11.6. The number of halogens is 1. The van der Waals surface area contributed by atoms with Gasteiger partial charge < -0.3 is 9.47 Å². The Bertz CT molecular complexity index is 579. The topological polar surface area (TPSA) is 35.5 Å². The number of carbonyl (C=O) groups excluding carboxylic acids is 1. The second-order valence-electron chi connectivity index (χ2n) is 5.77. The zero-order valence-corrected chi connectivity index (χ0v) is 13.1. The van der Waals surface area contributed by atoms with Gasteiger partial charge in [-0.2, -0.15) is 0 Å². The lowest BCUT2D eigenvalue weighted by Gasteiger charge is -2.33. The maximum absolute atomic E-state index is 12.5. The summed E-state index contributed by atoms with van der Waals surface area (Å²) in [6, 6.07) is 7.92. The monoisotopic (exact) mass is 336 g/mol. The van der Waals surface area contributed by atoms with E-state index in [2.05, 4.69) is 15.9 Å². The molecule has 2 aliphatic rings. The van der Waals surface area contributed by atoms with Gasteiger partial charge >= 0.3 is 0 Å². The lowest BCUT2D eigenvalue weighted by molar-refractivity contribution is -0.169. The molecule has 0 unspecified atom stereocenters. The van der Waals surface area contributed by atoms with E-state index >= 15 is 0 Å². The first-order valence-electron chi connectivity index (χ1n) is 6.75. The van der Waals surface area contributed by atoms with Crippen LogP contribution in [-0.4, -0.2) is 23.3 Å². The zero-order chi connectivity index (χ0) is 14.4. The van der Waals surface area contributed by atoms with E-state index in [1.165, 1.54) is 0 Å². The van der Waals surface area contributed by atoms with Gasteiger partial charge in [-0.3, -0.25) is 4.79 Å². The molecule has 1 aromatic rings. The second-order valence-corrected chi connectivity index (χ2v) is 6.62. The van der Waals surface area contributed by atoms with E-state index in [-0.39, 0.29) is 11.9 Å². The summed E-state index contributed by atoms with van der Waals surface area (Å²) in [6.45, 7) is 3.72. The van der Waals surface area contributed by atoms with Crippen LogP contribution in [0.15, 0.2) is 40.9 Å². The third-order valence-electron chi connectivity index (χ3n) is 3.82. The van der Waals surface area contributed by atoms with Gasteiger partial charge in [0.15, 0.2) is 17.2 Å². The number of fused-ring (bicyclic) bond motifs is 1. The summed E-state index contributed by atoms with van der Waals surface area (Å²) in [7, 11) is 0. The fourth-order valence-corrected chi connectivity index (χ4v) is 3.44. The summed E-state index contributed by atoms with van der Waals surface area (Å²) >= 11 is 3.54. The minimum Gasteiger partial charge on any atom is -0.343 e. The van der Waals surface area contributed by atoms with E-state index < -0.39 is 11.4 Å². The lowest BCUT2D eigenvalue weighted by Crippen LogP contribution is -2.50. The first-order chi connectivity index (χ1) is 9.43. The number of rotatable bonds is 2. The SMILES string of the molecule is CC1(C)O[C@@H]2CC=CC(=O)[C@]2(Cc2ccccc2Br)O1. The molecule has 0 spiro atoms. The van der Waals surface area contributed by atoms with Crippen LogP contribution >= 0.6 is 15.9 Å². The molecule has 2 atom stereocenters. The summed E-state index contributed by atoms with van der Waals surface area (Å²) in [6.07, 6.45) is 4.50. The van der Waals surface area contributed by atoms with Crippen LogP contribution in [0.5, 0.6) is 0 Å². The molecule has 106 valence electrons. The van der Waals surface area contributed by atoms with Crippen molar-refractivity contribution < 1.29 is 14.3 Å². The Labute approximate surface area is 127 Å². The Hall–Kier alpha value is -0.970. The highest BCUT2D eigenvalue weighted by molar-refractivity contribution is 9.10. The minimum absolute atomic E-state index is 0.00456. The standard InChI is InChI=1S/C16H17BrO3/c1-15(2)19-14-9-5-8-13(18)16(14,20-15)10-11-6-3-4-7-12(11)17/h3-8,14H,9-10H2,1-2H3/t14-,16+/m1/s1. The lowest BCUT2D eigenvalue weighted by atomic mass is 9.80. The number of benzene rings is 1. The molecule has 1 saturated heterocycles. The van der Waals surface area contributed by atoms with Crippen LogP contribution in [-0.2, 0) is 20.7 Å². The highest BCUT2D eigenvalue weighted by Gasteiger charge is 2.57. The smallest absolute Gasteiger partial charge is 0.190 e. The fourth-order valence-electron chi connectivity index (χ4n) is 3.02. The molecule has 0 saturated carbocycles. The van der Waals surface area contributed by atoms with E-state index in [4.69, 9.17) is 9.47 Å². The van der Waals surface area contributed by atoms with E-state index in [1.54, 1.807) is 6.08 Å². The Morgan fingerprint density at radius 1 is 1.35 bits per heavy atom. The van der Waals surface area contributed by atoms with Crippen molar-refractivity contribution in [1.82, 2.24) is 0 Å². The maximum atomic E-state index is 12.5. The van der Waals surface area contributed by atoms with Gasteiger partial charge in [0.2, 0.25) is 0 Å². The third-order valence-corrected chi connectivity index (χ3v) is 4.60. The number of carbonyl (C=O) groups is 1. The predicted molar refractivity (Wildman–Crippen MR) is 79.4 cm³/mol. The number of ether oxygens (including phenoxy) is 2. The summed E-state index contributed by atoms with van der Waals surface area (Å²) in [5.41, 5.74) is 0.157. The Kier molecular flexibility index (Phi) is 3.35. The van der Waals surface area contributed by atoms with Crippen LogP contribution in [0.25, 0.3) is 0 Å². The van der Waals surface area contributed by atoms with E-state index in [0.717, 1.165) is 10.0 Å². The fraction of sp³-hybridized carbons (Fsp3) is 0.438. The molecule has 0 aromatic heterocycles. The average molecular weight is 337 g/mol. The second kappa shape index (κ2) is 4.79.